The number of hydrogen-bond donors (Lipinski definition) is 1. The van der Waals surface area contributed by atoms with Crippen molar-refractivity contribution in [3.8, 4) is 17.5 Å². The van der Waals surface area contributed by atoms with Gasteiger partial charge in [-0.2, -0.15) is 36.3 Å². The lowest BCUT2D eigenvalue weighted by atomic mass is 10.1. The Morgan fingerprint density at radius 1 is 1.11 bits per heavy atom. The summed E-state index contributed by atoms with van der Waals surface area (Å²) >= 11 is 0. The summed E-state index contributed by atoms with van der Waals surface area (Å²) in [6, 6.07) is 2.49. The number of nitrogens with one attached hydrogen (secondary N) is 1. The number of nitriles is 1. The van der Waals surface area contributed by atoms with Crippen molar-refractivity contribution in [3.63, 3.8) is 0 Å². The lowest BCUT2D eigenvalue weighted by molar-refractivity contribution is -0.147. The van der Waals surface area contributed by atoms with Crippen LogP contribution in [0.3, 0.4) is 0 Å². The molecule has 3 aromatic rings. The first kappa shape index (κ1) is 25.9. The Balaban J connectivity index is 1.85. The number of nitrogens with zero attached hydrogens (tertiary/aromatic N) is 4. The maximum atomic E-state index is 13.3. The zero-order valence-corrected chi connectivity index (χ0v) is 19.5. The van der Waals surface area contributed by atoms with E-state index in [1.54, 1.807) is 4.57 Å². The van der Waals surface area contributed by atoms with Gasteiger partial charge in [-0.25, -0.2) is 13.4 Å². The Hall–Kier alpha value is -3.18. The lowest BCUT2D eigenvalue weighted by Gasteiger charge is -2.18. The molecule has 0 bridgehead atoms. The number of aromatic nitrogens is 3. The molecule has 3 heterocycles. The summed E-state index contributed by atoms with van der Waals surface area (Å²) in [5.41, 5.74) is -0.719. The minimum absolute atomic E-state index is 0.0200. The van der Waals surface area contributed by atoms with Gasteiger partial charge in [0.1, 0.15) is 22.7 Å². The minimum atomic E-state index is -4.80. The highest BCUT2D eigenvalue weighted by Gasteiger charge is 2.39. The number of pyridine rings is 2. The van der Waals surface area contributed by atoms with Crippen LogP contribution in [0.4, 0.5) is 26.3 Å². The Morgan fingerprint density at radius 3 is 2.31 bits per heavy atom. The van der Waals surface area contributed by atoms with Crippen LogP contribution in [-0.4, -0.2) is 35.2 Å². The fourth-order valence-electron chi connectivity index (χ4n) is 4.27. The molecular weight excluding hydrogens is 512 g/mol. The van der Waals surface area contributed by atoms with E-state index in [0.717, 1.165) is 31.2 Å². The molecular formula is C22H19F6N5O2S. The van der Waals surface area contributed by atoms with Crippen LogP contribution in [0.1, 0.15) is 49.8 Å². The zero-order chi connectivity index (χ0) is 26.5. The van der Waals surface area contributed by atoms with Crippen molar-refractivity contribution >= 4 is 21.1 Å². The van der Waals surface area contributed by atoms with Crippen molar-refractivity contribution in [2.75, 3.05) is 0 Å². The second-order valence-electron chi connectivity index (χ2n) is 8.50. The summed E-state index contributed by atoms with van der Waals surface area (Å²) in [7, 11) is -4.57. The lowest BCUT2D eigenvalue weighted by Crippen LogP contribution is -2.42. The molecule has 7 nitrogen and oxygen atoms in total. The zero-order valence-electron chi connectivity index (χ0n) is 18.7. The van der Waals surface area contributed by atoms with E-state index in [1.165, 1.54) is 10.8 Å². The molecule has 0 saturated heterocycles. The summed E-state index contributed by atoms with van der Waals surface area (Å²) in [6.45, 7) is 0.654. The molecule has 0 aromatic carbocycles. The Morgan fingerprint density at radius 2 is 1.78 bits per heavy atom. The van der Waals surface area contributed by atoms with E-state index in [1.807, 2.05) is 6.07 Å². The van der Waals surface area contributed by atoms with Crippen LogP contribution in [0.25, 0.3) is 22.4 Å². The molecule has 1 aliphatic rings. The Bertz CT molecular complexity index is 1430. The second-order valence-corrected chi connectivity index (χ2v) is 10.2. The summed E-state index contributed by atoms with van der Waals surface area (Å²) in [4.78, 5) is 7.54. The van der Waals surface area contributed by atoms with Gasteiger partial charge in [-0.15, -0.1) is 0 Å². The van der Waals surface area contributed by atoms with Crippen molar-refractivity contribution < 1.29 is 34.8 Å². The van der Waals surface area contributed by atoms with Crippen LogP contribution in [0.2, 0.25) is 0 Å². The van der Waals surface area contributed by atoms with Gasteiger partial charge in [0.2, 0.25) is 10.0 Å². The summed E-state index contributed by atoms with van der Waals surface area (Å²) in [5, 5.41) is 9.85. The summed E-state index contributed by atoms with van der Waals surface area (Å²) in [6.07, 6.45) is -4.85. The molecule has 1 fully saturated rings. The maximum Gasteiger partial charge on any atom is 0.417 e. The van der Waals surface area contributed by atoms with E-state index in [4.69, 9.17) is 0 Å². The number of sulfonamides is 1. The van der Waals surface area contributed by atoms with Crippen LogP contribution in [0.5, 0.6) is 0 Å². The van der Waals surface area contributed by atoms with Crippen molar-refractivity contribution in [1.29, 1.82) is 5.26 Å². The predicted molar refractivity (Wildman–Crippen MR) is 116 cm³/mol. The molecule has 1 aliphatic carbocycles. The van der Waals surface area contributed by atoms with E-state index >= 15 is 0 Å². The molecule has 192 valence electrons. The molecule has 3 aromatic heterocycles. The van der Waals surface area contributed by atoms with Gasteiger partial charge < -0.3 is 4.57 Å². The summed E-state index contributed by atoms with van der Waals surface area (Å²) < 4.78 is 106. The number of fused-ring (bicyclic) bond motifs is 1. The minimum Gasteiger partial charge on any atom is -0.320 e. The number of halogens is 6. The molecule has 0 amide bonds. The third kappa shape index (κ3) is 4.77. The van der Waals surface area contributed by atoms with E-state index in [9.17, 15) is 40.0 Å². The normalized spacial score (nSPS) is 16.4. The van der Waals surface area contributed by atoms with Crippen molar-refractivity contribution in [1.82, 2.24) is 19.3 Å². The van der Waals surface area contributed by atoms with Crippen LogP contribution >= 0.6 is 0 Å². The first-order valence-electron chi connectivity index (χ1n) is 10.8. The van der Waals surface area contributed by atoms with Gasteiger partial charge in [0.15, 0.2) is 0 Å². The topological polar surface area (TPSA) is 101 Å². The van der Waals surface area contributed by atoms with Crippen LogP contribution in [-0.2, 0) is 16.2 Å². The van der Waals surface area contributed by atoms with E-state index in [0.29, 0.717) is 26.0 Å². The second kappa shape index (κ2) is 9.04. The SMILES string of the molecule is C[C@@H](NS(=O)(=O)c1ccc(-c2c(C#N)c3cc(C(F)(F)F)cnc3n2C2CCCC2)nc1)C(F)(F)F. The molecule has 4 rings (SSSR count). The Labute approximate surface area is 201 Å². The largest absolute Gasteiger partial charge is 0.417 e. The molecule has 1 atom stereocenters. The van der Waals surface area contributed by atoms with Crippen molar-refractivity contribution in [3.05, 3.63) is 41.7 Å². The van der Waals surface area contributed by atoms with Crippen LogP contribution < -0.4 is 4.72 Å². The molecule has 0 spiro atoms. The quantitative estimate of drug-likeness (QED) is 0.449. The summed E-state index contributed by atoms with van der Waals surface area (Å²) in [5.74, 6) is 0. The van der Waals surface area contributed by atoms with Gasteiger partial charge in [0, 0.05) is 23.8 Å². The van der Waals surface area contributed by atoms with Crippen LogP contribution in [0.15, 0.2) is 35.5 Å². The maximum absolute atomic E-state index is 13.3. The van der Waals surface area contributed by atoms with Crippen molar-refractivity contribution in [2.45, 2.75) is 61.9 Å². The molecule has 0 aliphatic heterocycles. The van der Waals surface area contributed by atoms with Gasteiger partial charge >= 0.3 is 12.4 Å². The van der Waals surface area contributed by atoms with Gasteiger partial charge in [0.05, 0.1) is 22.5 Å². The predicted octanol–water partition coefficient (Wildman–Crippen LogP) is 5.33. The number of rotatable bonds is 5. The van der Waals surface area contributed by atoms with Gasteiger partial charge in [-0.3, -0.25) is 4.98 Å². The fraction of sp³-hybridized carbons (Fsp3) is 0.409. The molecule has 0 unspecified atom stereocenters. The molecule has 1 N–H and O–H groups in total. The van der Waals surface area contributed by atoms with E-state index in [2.05, 4.69) is 9.97 Å². The highest BCUT2D eigenvalue weighted by Crippen LogP contribution is 2.41. The average molecular weight is 531 g/mol. The third-order valence-corrected chi connectivity index (χ3v) is 7.61. The highest BCUT2D eigenvalue weighted by molar-refractivity contribution is 7.89. The number of hydrogen-bond acceptors (Lipinski definition) is 5. The van der Waals surface area contributed by atoms with Gasteiger partial charge in [-0.05, 0) is 38.0 Å². The number of alkyl halides is 6. The standard InChI is InChI=1S/C22H19F6N5O2S/c1-12(21(23,24)25)32-36(34,35)15-6-7-18(30-11-15)19-17(9-29)16-8-13(22(26,27)28)10-31-20(16)33(19)14-4-2-3-5-14/h6-8,10-12,14,32H,2-5H2,1H3/t12-/m1/s1. The van der Waals surface area contributed by atoms with Crippen molar-refractivity contribution in [2.24, 2.45) is 0 Å². The fourth-order valence-corrected chi connectivity index (χ4v) is 5.45. The third-order valence-electron chi connectivity index (χ3n) is 6.08. The van der Waals surface area contributed by atoms with Crippen LogP contribution in [0, 0.1) is 11.3 Å². The first-order chi connectivity index (χ1) is 16.7. The molecule has 0 radical (unpaired) electrons. The smallest absolute Gasteiger partial charge is 0.320 e. The average Bonchev–Trinajstić information content (AvgIpc) is 3.42. The molecule has 14 heteroatoms. The van der Waals surface area contributed by atoms with Gasteiger partial charge in [0.25, 0.3) is 0 Å². The Kier molecular flexibility index (Phi) is 6.50. The van der Waals surface area contributed by atoms with Gasteiger partial charge in [-0.1, -0.05) is 12.8 Å². The first-order valence-corrected chi connectivity index (χ1v) is 12.3. The molecule has 1 saturated carbocycles. The highest BCUT2D eigenvalue weighted by atomic mass is 32.2. The monoisotopic (exact) mass is 531 g/mol. The van der Waals surface area contributed by atoms with E-state index in [-0.39, 0.29) is 34.0 Å². The van der Waals surface area contributed by atoms with E-state index < -0.39 is 38.9 Å². The molecule has 36 heavy (non-hydrogen) atoms.